The van der Waals surface area contributed by atoms with E-state index in [0.29, 0.717) is 17.1 Å². The van der Waals surface area contributed by atoms with Gasteiger partial charge >= 0.3 is 6.18 Å². The molecule has 222 valence electrons. The van der Waals surface area contributed by atoms with Gasteiger partial charge in [0.05, 0.1) is 11.8 Å². The Morgan fingerprint density at radius 1 is 1.10 bits per heavy atom. The summed E-state index contributed by atoms with van der Waals surface area (Å²) in [6.07, 6.45) is -1.65. The van der Waals surface area contributed by atoms with E-state index in [1.165, 1.54) is 31.5 Å². The van der Waals surface area contributed by atoms with Crippen LogP contribution in [0.4, 0.5) is 30.6 Å². The summed E-state index contributed by atoms with van der Waals surface area (Å²) in [6, 6.07) is 7.37. The van der Waals surface area contributed by atoms with Crippen LogP contribution in [0, 0.1) is 0 Å². The van der Waals surface area contributed by atoms with Crippen molar-refractivity contribution in [3.05, 3.63) is 58.9 Å². The lowest BCUT2D eigenvalue weighted by Gasteiger charge is -2.34. The molecular weight excluding hydrogens is 573 g/mol. The number of hydrogen-bond acceptors (Lipinski definition) is 8. The smallest absolute Gasteiger partial charge is 0.416 e. The van der Waals surface area contributed by atoms with E-state index in [1.807, 2.05) is 0 Å². The van der Waals surface area contributed by atoms with Gasteiger partial charge in [0.2, 0.25) is 11.9 Å². The Bertz CT molecular complexity index is 1600. The molecule has 1 fully saturated rings. The molecule has 4 aromatic rings. The first-order chi connectivity index (χ1) is 20.0. The lowest BCUT2D eigenvalue weighted by atomic mass is 10.0. The van der Waals surface area contributed by atoms with Crippen molar-refractivity contribution < 1.29 is 22.7 Å². The van der Waals surface area contributed by atoms with Crippen LogP contribution in [-0.4, -0.2) is 67.9 Å². The number of pyridine rings is 2. The fraction of sp³-hybridized carbons (Fsp3) is 0.357. The average Bonchev–Trinajstić information content (AvgIpc) is 3.26. The fourth-order valence-electron chi connectivity index (χ4n) is 4.84. The average molecular weight is 603 g/mol. The first-order valence-corrected chi connectivity index (χ1v) is 13.7. The third-order valence-electron chi connectivity index (χ3n) is 7.05. The van der Waals surface area contributed by atoms with Gasteiger partial charge in [0.15, 0.2) is 11.4 Å². The minimum Gasteiger partial charge on any atom is -0.454 e. The molecule has 0 unspecified atom stereocenters. The van der Waals surface area contributed by atoms with Crippen LogP contribution in [0.2, 0.25) is 5.02 Å². The predicted molar refractivity (Wildman–Crippen MR) is 154 cm³/mol. The van der Waals surface area contributed by atoms with E-state index in [1.54, 1.807) is 23.7 Å². The van der Waals surface area contributed by atoms with Gasteiger partial charge < -0.3 is 24.8 Å². The van der Waals surface area contributed by atoms with Crippen molar-refractivity contribution >= 4 is 46.1 Å². The molecule has 0 radical (unpaired) electrons. The van der Waals surface area contributed by atoms with Crippen LogP contribution in [0.5, 0.6) is 11.5 Å². The van der Waals surface area contributed by atoms with Crippen LogP contribution in [0.3, 0.4) is 0 Å². The summed E-state index contributed by atoms with van der Waals surface area (Å²) in [4.78, 5) is 28.5. The molecule has 1 saturated heterocycles. The SMILES string of the molecule is CCN1CCN(Cc2ccc(Nc3nc4ncc(Oc5ccnc(NC(C)=O)c5)c(Cl)c4n3C)cc2C(F)(F)F)CC1. The Morgan fingerprint density at radius 2 is 1.83 bits per heavy atom. The van der Waals surface area contributed by atoms with E-state index in [4.69, 9.17) is 16.3 Å². The summed E-state index contributed by atoms with van der Waals surface area (Å²) < 4.78 is 49.8. The molecule has 0 atom stereocenters. The Labute approximate surface area is 245 Å². The van der Waals surface area contributed by atoms with Crippen LogP contribution in [0.1, 0.15) is 25.0 Å². The maximum atomic E-state index is 14.1. The molecule has 4 heterocycles. The highest BCUT2D eigenvalue weighted by Crippen LogP contribution is 2.38. The zero-order chi connectivity index (χ0) is 30.0. The number of fused-ring (bicyclic) bond motifs is 1. The number of aryl methyl sites for hydroxylation is 1. The Balaban J connectivity index is 1.38. The normalized spacial score (nSPS) is 14.7. The van der Waals surface area contributed by atoms with Gasteiger partial charge in [-0.3, -0.25) is 9.69 Å². The standard InChI is InChI=1S/C28H30ClF3N8O2/c1-4-39-9-11-40(12-10-39)16-18-5-6-19(13-21(18)28(30,31)32)36-27-37-26-25(38(27)3)24(29)22(15-34-26)42-20-7-8-33-23(14-20)35-17(2)41/h5-8,13-15H,4,9-12,16H2,1-3H3,(H,33,35,41)(H,34,36,37). The molecule has 14 heteroatoms. The summed E-state index contributed by atoms with van der Waals surface area (Å²) in [6.45, 7) is 7.74. The summed E-state index contributed by atoms with van der Waals surface area (Å²) in [7, 11) is 1.67. The summed E-state index contributed by atoms with van der Waals surface area (Å²) in [5, 5.41) is 5.76. The van der Waals surface area contributed by atoms with Crippen molar-refractivity contribution in [1.82, 2.24) is 29.3 Å². The molecule has 5 rings (SSSR count). The number of rotatable bonds is 8. The van der Waals surface area contributed by atoms with Crippen molar-refractivity contribution in [2.45, 2.75) is 26.6 Å². The van der Waals surface area contributed by atoms with Crippen molar-refractivity contribution in [3.63, 3.8) is 0 Å². The van der Waals surface area contributed by atoms with Crippen LogP contribution in [0.15, 0.2) is 42.7 Å². The van der Waals surface area contributed by atoms with Gasteiger partial charge in [-0.2, -0.15) is 18.2 Å². The first kappa shape index (κ1) is 29.5. The Hall–Kier alpha value is -3.94. The van der Waals surface area contributed by atoms with E-state index in [0.717, 1.165) is 38.8 Å². The number of nitrogens with one attached hydrogen (secondary N) is 2. The lowest BCUT2D eigenvalue weighted by molar-refractivity contribution is -0.138. The zero-order valence-electron chi connectivity index (χ0n) is 23.3. The predicted octanol–water partition coefficient (Wildman–Crippen LogP) is 5.67. The number of piperazine rings is 1. The Kier molecular flexibility index (Phi) is 8.53. The molecule has 1 aliphatic heterocycles. The molecule has 0 spiro atoms. The van der Waals surface area contributed by atoms with Gasteiger partial charge in [-0.15, -0.1) is 0 Å². The number of anilines is 3. The molecule has 0 bridgehead atoms. The van der Waals surface area contributed by atoms with E-state index in [2.05, 4.69) is 42.3 Å². The molecule has 2 N–H and O–H groups in total. The first-order valence-electron chi connectivity index (χ1n) is 13.4. The molecule has 0 aliphatic carbocycles. The van der Waals surface area contributed by atoms with Crippen molar-refractivity contribution in [1.29, 1.82) is 0 Å². The number of carbonyl (C=O) groups is 1. The van der Waals surface area contributed by atoms with E-state index < -0.39 is 11.7 Å². The third kappa shape index (κ3) is 6.58. The topological polar surface area (TPSA) is 100 Å². The van der Waals surface area contributed by atoms with Gasteiger partial charge in [-0.1, -0.05) is 24.6 Å². The molecule has 3 aromatic heterocycles. The number of ether oxygens (including phenoxy) is 1. The van der Waals surface area contributed by atoms with Crippen LogP contribution in [-0.2, 0) is 24.6 Å². The van der Waals surface area contributed by atoms with Crippen molar-refractivity contribution in [2.75, 3.05) is 43.4 Å². The number of amides is 1. The molecular formula is C28H30ClF3N8O2. The maximum absolute atomic E-state index is 14.1. The minimum absolute atomic E-state index is 0.204. The van der Waals surface area contributed by atoms with Gasteiger partial charge in [0, 0.05) is 64.6 Å². The summed E-state index contributed by atoms with van der Waals surface area (Å²) in [5.74, 6) is 0.870. The number of alkyl halides is 3. The van der Waals surface area contributed by atoms with Gasteiger partial charge in [-0.25, -0.2) is 9.97 Å². The second kappa shape index (κ2) is 12.1. The quantitative estimate of drug-likeness (QED) is 0.266. The van der Waals surface area contributed by atoms with Crippen LogP contribution >= 0.6 is 11.6 Å². The lowest BCUT2D eigenvalue weighted by Crippen LogP contribution is -2.45. The number of aromatic nitrogens is 4. The summed E-state index contributed by atoms with van der Waals surface area (Å²) in [5.41, 5.74) is 0.478. The number of hydrogen-bond donors (Lipinski definition) is 2. The van der Waals surface area contributed by atoms with E-state index >= 15 is 0 Å². The molecule has 0 saturated carbocycles. The maximum Gasteiger partial charge on any atom is 0.416 e. The molecule has 42 heavy (non-hydrogen) atoms. The van der Waals surface area contributed by atoms with E-state index in [-0.39, 0.29) is 46.1 Å². The largest absolute Gasteiger partial charge is 0.454 e. The number of nitrogens with zero attached hydrogens (tertiary/aromatic N) is 6. The Morgan fingerprint density at radius 3 is 2.52 bits per heavy atom. The number of likely N-dealkylation sites (N-methyl/N-ethyl adjacent to an activating group) is 1. The molecule has 1 aliphatic rings. The fourth-order valence-corrected chi connectivity index (χ4v) is 5.13. The zero-order valence-corrected chi connectivity index (χ0v) is 24.1. The van der Waals surface area contributed by atoms with Crippen molar-refractivity contribution in [2.24, 2.45) is 7.05 Å². The minimum atomic E-state index is -4.52. The monoisotopic (exact) mass is 602 g/mol. The van der Waals surface area contributed by atoms with Crippen LogP contribution < -0.4 is 15.4 Å². The number of benzene rings is 1. The summed E-state index contributed by atoms with van der Waals surface area (Å²) >= 11 is 6.66. The van der Waals surface area contributed by atoms with Gasteiger partial charge in [0.1, 0.15) is 22.1 Å². The molecule has 10 nitrogen and oxygen atoms in total. The van der Waals surface area contributed by atoms with Gasteiger partial charge in [-0.05, 0) is 30.3 Å². The number of halogens is 4. The highest BCUT2D eigenvalue weighted by molar-refractivity contribution is 6.36. The van der Waals surface area contributed by atoms with E-state index in [9.17, 15) is 18.0 Å². The number of carbonyl (C=O) groups excluding carboxylic acids is 1. The van der Waals surface area contributed by atoms with Crippen LogP contribution in [0.25, 0.3) is 11.2 Å². The van der Waals surface area contributed by atoms with Gasteiger partial charge in [0.25, 0.3) is 0 Å². The molecule has 1 amide bonds. The molecule has 1 aromatic carbocycles. The second-order valence-corrected chi connectivity index (χ2v) is 10.3. The number of imidazole rings is 1. The highest BCUT2D eigenvalue weighted by Gasteiger charge is 2.34. The second-order valence-electron chi connectivity index (χ2n) is 9.97. The van der Waals surface area contributed by atoms with Crippen molar-refractivity contribution in [3.8, 4) is 11.5 Å². The third-order valence-corrected chi connectivity index (χ3v) is 7.41. The highest BCUT2D eigenvalue weighted by atomic mass is 35.5.